The molecule has 122 valence electrons. The van der Waals surface area contributed by atoms with E-state index in [1.165, 1.54) is 17.1 Å². The first-order chi connectivity index (χ1) is 11.5. The van der Waals surface area contributed by atoms with E-state index in [1.807, 2.05) is 0 Å². The van der Waals surface area contributed by atoms with Crippen LogP contribution in [0.5, 0.6) is 0 Å². The number of amides is 1. The highest BCUT2D eigenvalue weighted by molar-refractivity contribution is 6.30. The van der Waals surface area contributed by atoms with Gasteiger partial charge in [0.2, 0.25) is 0 Å². The number of nitro groups is 1. The van der Waals surface area contributed by atoms with Crippen LogP contribution in [-0.2, 0) is 0 Å². The standard InChI is InChI=1S/C17H14ClN3O3/c18-14-7-3-13(4-8-14)17(22)20-11-1-2-16(19-20)12-5-9-15(10-6-12)21(23)24/h3-10H,1-2,11H2. The van der Waals surface area contributed by atoms with Crippen molar-refractivity contribution in [1.29, 1.82) is 0 Å². The molecule has 0 saturated carbocycles. The molecule has 1 amide bonds. The van der Waals surface area contributed by atoms with Gasteiger partial charge in [-0.15, -0.1) is 0 Å². The lowest BCUT2D eigenvalue weighted by atomic mass is 10.0. The Labute approximate surface area is 143 Å². The largest absolute Gasteiger partial charge is 0.273 e. The predicted octanol–water partition coefficient (Wildman–Crippen LogP) is 3.89. The van der Waals surface area contributed by atoms with Crippen LogP contribution in [0.1, 0.15) is 28.8 Å². The smallest absolute Gasteiger partial charge is 0.267 e. The summed E-state index contributed by atoms with van der Waals surface area (Å²) in [6.07, 6.45) is 1.51. The third-order valence-corrected chi connectivity index (χ3v) is 4.01. The topological polar surface area (TPSA) is 75.8 Å². The summed E-state index contributed by atoms with van der Waals surface area (Å²) >= 11 is 5.84. The molecule has 6 nitrogen and oxygen atoms in total. The summed E-state index contributed by atoms with van der Waals surface area (Å²) in [6, 6.07) is 12.9. The van der Waals surface area contributed by atoms with E-state index in [0.717, 1.165) is 24.1 Å². The van der Waals surface area contributed by atoms with Gasteiger partial charge in [0.25, 0.3) is 11.6 Å². The highest BCUT2D eigenvalue weighted by Crippen LogP contribution is 2.19. The van der Waals surface area contributed by atoms with Gasteiger partial charge in [-0.1, -0.05) is 11.6 Å². The van der Waals surface area contributed by atoms with E-state index in [4.69, 9.17) is 11.6 Å². The van der Waals surface area contributed by atoms with Gasteiger partial charge in [-0.25, -0.2) is 5.01 Å². The van der Waals surface area contributed by atoms with Gasteiger partial charge in [0, 0.05) is 29.3 Å². The molecular formula is C17H14ClN3O3. The van der Waals surface area contributed by atoms with E-state index < -0.39 is 4.92 Å². The minimum Gasteiger partial charge on any atom is -0.267 e. The highest BCUT2D eigenvalue weighted by atomic mass is 35.5. The van der Waals surface area contributed by atoms with Gasteiger partial charge in [-0.3, -0.25) is 14.9 Å². The molecule has 2 aromatic carbocycles. The normalized spacial score (nSPS) is 14.2. The molecule has 0 fully saturated rings. The fraction of sp³-hybridized carbons (Fsp3) is 0.176. The number of carbonyl (C=O) groups excluding carboxylic acids is 1. The van der Waals surface area contributed by atoms with Gasteiger partial charge in [-0.2, -0.15) is 5.10 Å². The van der Waals surface area contributed by atoms with Gasteiger partial charge in [-0.05, 0) is 54.8 Å². The Morgan fingerprint density at radius 2 is 1.79 bits per heavy atom. The zero-order valence-corrected chi connectivity index (χ0v) is 13.4. The van der Waals surface area contributed by atoms with Crippen molar-refractivity contribution < 1.29 is 9.72 Å². The highest BCUT2D eigenvalue weighted by Gasteiger charge is 2.21. The average Bonchev–Trinajstić information content (AvgIpc) is 2.62. The number of halogens is 1. The molecule has 1 heterocycles. The summed E-state index contributed by atoms with van der Waals surface area (Å²) in [5.41, 5.74) is 2.09. The van der Waals surface area contributed by atoms with Crippen LogP contribution in [0.25, 0.3) is 0 Å². The average molecular weight is 344 g/mol. The van der Waals surface area contributed by atoms with Crippen molar-refractivity contribution in [2.75, 3.05) is 6.54 Å². The number of non-ortho nitro benzene ring substituents is 1. The summed E-state index contributed by atoms with van der Waals surface area (Å²) in [5, 5.41) is 17.2. The minimum atomic E-state index is -0.442. The molecule has 2 aromatic rings. The Morgan fingerprint density at radius 3 is 2.42 bits per heavy atom. The first-order valence-corrected chi connectivity index (χ1v) is 7.82. The van der Waals surface area contributed by atoms with Crippen molar-refractivity contribution in [1.82, 2.24) is 5.01 Å². The number of hydrazone groups is 1. The molecule has 1 aliphatic heterocycles. The maximum absolute atomic E-state index is 12.5. The zero-order valence-electron chi connectivity index (χ0n) is 12.7. The van der Waals surface area contributed by atoms with Crippen molar-refractivity contribution in [2.45, 2.75) is 12.8 Å². The summed E-state index contributed by atoms with van der Waals surface area (Å²) in [7, 11) is 0. The molecule has 0 aromatic heterocycles. The molecule has 0 unspecified atom stereocenters. The maximum Gasteiger partial charge on any atom is 0.273 e. The Kier molecular flexibility index (Phi) is 4.57. The summed E-state index contributed by atoms with van der Waals surface area (Å²) < 4.78 is 0. The second-order valence-electron chi connectivity index (χ2n) is 5.39. The fourth-order valence-electron chi connectivity index (χ4n) is 2.51. The van der Waals surface area contributed by atoms with Crippen molar-refractivity contribution >= 4 is 28.9 Å². The van der Waals surface area contributed by atoms with E-state index in [2.05, 4.69) is 5.10 Å². The molecule has 24 heavy (non-hydrogen) atoms. The number of nitro benzene ring substituents is 1. The van der Waals surface area contributed by atoms with Crippen molar-refractivity contribution in [3.8, 4) is 0 Å². The van der Waals surface area contributed by atoms with Crippen LogP contribution in [0.3, 0.4) is 0 Å². The van der Waals surface area contributed by atoms with Crippen LogP contribution in [-0.4, -0.2) is 28.1 Å². The third-order valence-electron chi connectivity index (χ3n) is 3.76. The molecule has 0 radical (unpaired) electrons. The first-order valence-electron chi connectivity index (χ1n) is 7.44. The van der Waals surface area contributed by atoms with Crippen molar-refractivity contribution in [3.63, 3.8) is 0 Å². The quantitative estimate of drug-likeness (QED) is 0.626. The number of rotatable bonds is 3. The van der Waals surface area contributed by atoms with Gasteiger partial charge < -0.3 is 0 Å². The monoisotopic (exact) mass is 343 g/mol. The van der Waals surface area contributed by atoms with E-state index >= 15 is 0 Å². The van der Waals surface area contributed by atoms with Crippen LogP contribution in [0, 0.1) is 10.1 Å². The van der Waals surface area contributed by atoms with Crippen LogP contribution in [0.2, 0.25) is 5.02 Å². The summed E-state index contributed by atoms with van der Waals surface area (Å²) in [5.74, 6) is -0.189. The molecule has 0 bridgehead atoms. The fourth-order valence-corrected chi connectivity index (χ4v) is 2.63. The predicted molar refractivity (Wildman–Crippen MR) is 91.4 cm³/mol. The second-order valence-corrected chi connectivity index (χ2v) is 5.83. The lowest BCUT2D eigenvalue weighted by molar-refractivity contribution is -0.384. The molecule has 0 saturated heterocycles. The van der Waals surface area contributed by atoms with Crippen LogP contribution < -0.4 is 0 Å². The number of benzene rings is 2. The van der Waals surface area contributed by atoms with Crippen LogP contribution in [0.15, 0.2) is 53.6 Å². The molecule has 3 rings (SSSR count). The zero-order chi connectivity index (χ0) is 17.1. The number of carbonyl (C=O) groups is 1. The molecule has 0 N–H and O–H groups in total. The van der Waals surface area contributed by atoms with Gasteiger partial charge >= 0.3 is 0 Å². The van der Waals surface area contributed by atoms with E-state index in [1.54, 1.807) is 36.4 Å². The minimum absolute atomic E-state index is 0.0317. The lowest BCUT2D eigenvalue weighted by Crippen LogP contribution is -2.32. The molecule has 0 aliphatic carbocycles. The SMILES string of the molecule is O=C(c1ccc(Cl)cc1)N1CCCC(c2ccc([N+](=O)[O-])cc2)=N1. The number of nitrogens with zero attached hydrogens (tertiary/aromatic N) is 3. The molecule has 0 spiro atoms. The lowest BCUT2D eigenvalue weighted by Gasteiger charge is -2.23. The van der Waals surface area contributed by atoms with Gasteiger partial charge in [0.15, 0.2) is 0 Å². The first kappa shape index (κ1) is 16.1. The Morgan fingerprint density at radius 1 is 1.12 bits per heavy atom. The molecular weight excluding hydrogens is 330 g/mol. The summed E-state index contributed by atoms with van der Waals surface area (Å²) in [6.45, 7) is 0.540. The maximum atomic E-state index is 12.5. The number of hydrogen-bond acceptors (Lipinski definition) is 4. The van der Waals surface area contributed by atoms with Crippen molar-refractivity contribution in [2.24, 2.45) is 5.10 Å². The molecule has 1 aliphatic rings. The number of hydrogen-bond donors (Lipinski definition) is 0. The Balaban J connectivity index is 1.83. The van der Waals surface area contributed by atoms with E-state index in [-0.39, 0.29) is 11.6 Å². The van der Waals surface area contributed by atoms with Crippen molar-refractivity contribution in [3.05, 3.63) is 74.8 Å². The Hall–Kier alpha value is -2.73. The van der Waals surface area contributed by atoms with Crippen LogP contribution in [0.4, 0.5) is 5.69 Å². The van der Waals surface area contributed by atoms with E-state index in [9.17, 15) is 14.9 Å². The van der Waals surface area contributed by atoms with Gasteiger partial charge in [0.05, 0.1) is 10.6 Å². The summed E-state index contributed by atoms with van der Waals surface area (Å²) in [4.78, 5) is 22.8. The molecule has 7 heteroatoms. The second kappa shape index (κ2) is 6.80. The molecule has 0 atom stereocenters. The van der Waals surface area contributed by atoms with Gasteiger partial charge in [0.1, 0.15) is 0 Å². The third kappa shape index (κ3) is 3.44. The van der Waals surface area contributed by atoms with E-state index in [0.29, 0.717) is 17.1 Å². The van der Waals surface area contributed by atoms with Crippen LogP contribution >= 0.6 is 11.6 Å². The Bertz CT molecular complexity index is 801.